The molecular weight excluding hydrogens is 385 g/mol. The van der Waals surface area contributed by atoms with Gasteiger partial charge in [0.2, 0.25) is 0 Å². The van der Waals surface area contributed by atoms with E-state index in [-0.39, 0.29) is 17.2 Å². The molecule has 0 N–H and O–H groups in total. The van der Waals surface area contributed by atoms with Crippen molar-refractivity contribution in [3.63, 3.8) is 0 Å². The van der Waals surface area contributed by atoms with Gasteiger partial charge in [-0.1, -0.05) is 23.7 Å². The summed E-state index contributed by atoms with van der Waals surface area (Å²) in [5.41, 5.74) is 3.30. The molecule has 2 aromatic carbocycles. The molecule has 2 saturated carbocycles. The van der Waals surface area contributed by atoms with Gasteiger partial charge in [-0.2, -0.15) is 0 Å². The van der Waals surface area contributed by atoms with Crippen molar-refractivity contribution in [2.24, 2.45) is 11.3 Å². The van der Waals surface area contributed by atoms with E-state index in [0.717, 1.165) is 48.6 Å². The number of benzene rings is 2. The maximum absolute atomic E-state index is 13.8. The molecule has 3 aromatic rings. The second-order valence-corrected chi connectivity index (χ2v) is 9.16. The SMILES string of the molecule is O=C(Cc1ccc(Cl)cc1)C1CC12CCC(c1ccnc3ccc(F)cc13)CC2. The summed E-state index contributed by atoms with van der Waals surface area (Å²) in [6.07, 6.45) is 7.62. The van der Waals surface area contributed by atoms with Crippen molar-refractivity contribution in [3.05, 3.63) is 76.7 Å². The number of aromatic nitrogens is 1. The van der Waals surface area contributed by atoms with Gasteiger partial charge in [-0.3, -0.25) is 9.78 Å². The molecular formula is C25H23ClFNO. The van der Waals surface area contributed by atoms with Crippen LogP contribution in [-0.2, 0) is 11.2 Å². The van der Waals surface area contributed by atoms with Crippen LogP contribution in [-0.4, -0.2) is 10.8 Å². The molecule has 0 aliphatic heterocycles. The summed E-state index contributed by atoms with van der Waals surface area (Å²) in [6.45, 7) is 0. The fraction of sp³-hybridized carbons (Fsp3) is 0.360. The van der Waals surface area contributed by atoms with E-state index in [0.29, 0.717) is 23.1 Å². The minimum atomic E-state index is -0.214. The van der Waals surface area contributed by atoms with Gasteiger partial charge in [0.05, 0.1) is 5.52 Å². The molecule has 1 aromatic heterocycles. The Labute approximate surface area is 175 Å². The van der Waals surface area contributed by atoms with Crippen LogP contribution in [0.2, 0.25) is 5.02 Å². The number of halogens is 2. The number of nitrogens with zero attached hydrogens (tertiary/aromatic N) is 1. The first kappa shape index (κ1) is 18.7. The number of fused-ring (bicyclic) bond motifs is 1. The molecule has 4 heteroatoms. The third-order valence-electron chi connectivity index (χ3n) is 7.03. The number of Topliss-reactive ketones (excluding diaryl/α,β-unsaturated/α-hetero) is 1. The highest BCUT2D eigenvalue weighted by atomic mass is 35.5. The lowest BCUT2D eigenvalue weighted by Gasteiger charge is -2.30. The van der Waals surface area contributed by atoms with Gasteiger partial charge in [0.15, 0.2) is 0 Å². The highest BCUT2D eigenvalue weighted by molar-refractivity contribution is 6.30. The molecule has 1 unspecified atom stereocenters. The summed E-state index contributed by atoms with van der Waals surface area (Å²) in [5, 5.41) is 1.63. The molecule has 0 saturated heterocycles. The van der Waals surface area contributed by atoms with Gasteiger partial charge in [-0.15, -0.1) is 0 Å². The number of ketones is 1. The van der Waals surface area contributed by atoms with Crippen molar-refractivity contribution in [3.8, 4) is 0 Å². The Morgan fingerprint density at radius 3 is 2.62 bits per heavy atom. The van der Waals surface area contributed by atoms with E-state index in [2.05, 4.69) is 4.98 Å². The molecule has 5 rings (SSSR count). The first-order valence-corrected chi connectivity index (χ1v) is 10.7. The third kappa shape index (κ3) is 3.57. The highest BCUT2D eigenvalue weighted by Gasteiger charge is 2.57. The number of pyridine rings is 1. The largest absolute Gasteiger partial charge is 0.299 e. The normalized spacial score (nSPS) is 26.0. The Morgan fingerprint density at radius 2 is 1.86 bits per heavy atom. The monoisotopic (exact) mass is 407 g/mol. The van der Waals surface area contributed by atoms with E-state index in [9.17, 15) is 9.18 Å². The molecule has 29 heavy (non-hydrogen) atoms. The van der Waals surface area contributed by atoms with E-state index in [1.165, 1.54) is 11.6 Å². The van der Waals surface area contributed by atoms with Crippen LogP contribution in [0.1, 0.15) is 49.1 Å². The minimum Gasteiger partial charge on any atom is -0.299 e. The van der Waals surface area contributed by atoms with Gasteiger partial charge >= 0.3 is 0 Å². The van der Waals surface area contributed by atoms with E-state index in [4.69, 9.17) is 11.6 Å². The van der Waals surface area contributed by atoms with E-state index < -0.39 is 0 Å². The van der Waals surface area contributed by atoms with Gasteiger partial charge in [-0.25, -0.2) is 4.39 Å². The van der Waals surface area contributed by atoms with Crippen molar-refractivity contribution in [2.45, 2.75) is 44.4 Å². The van der Waals surface area contributed by atoms with Crippen molar-refractivity contribution in [2.75, 3.05) is 0 Å². The molecule has 2 fully saturated rings. The molecule has 1 atom stereocenters. The Balaban J connectivity index is 1.26. The van der Waals surface area contributed by atoms with Crippen LogP contribution in [0, 0.1) is 17.2 Å². The van der Waals surface area contributed by atoms with Crippen LogP contribution in [0.4, 0.5) is 4.39 Å². The van der Waals surface area contributed by atoms with Crippen molar-refractivity contribution < 1.29 is 9.18 Å². The molecule has 0 bridgehead atoms. The van der Waals surface area contributed by atoms with Crippen molar-refractivity contribution in [1.82, 2.24) is 4.98 Å². The fourth-order valence-corrected chi connectivity index (χ4v) is 5.41. The number of rotatable bonds is 4. The van der Waals surface area contributed by atoms with E-state index in [1.807, 2.05) is 36.5 Å². The Bertz CT molecular complexity index is 1070. The van der Waals surface area contributed by atoms with Crippen LogP contribution < -0.4 is 0 Å². The average molecular weight is 408 g/mol. The third-order valence-corrected chi connectivity index (χ3v) is 7.28. The first-order valence-electron chi connectivity index (χ1n) is 10.4. The van der Waals surface area contributed by atoms with Crippen LogP contribution in [0.3, 0.4) is 0 Å². The summed E-state index contributed by atoms with van der Waals surface area (Å²) in [5.74, 6) is 0.766. The molecule has 0 radical (unpaired) electrons. The predicted octanol–water partition coefficient (Wildman–Crippen LogP) is 6.50. The molecule has 1 spiro atoms. The predicted molar refractivity (Wildman–Crippen MR) is 114 cm³/mol. The molecule has 0 amide bonds. The van der Waals surface area contributed by atoms with Crippen LogP contribution in [0.15, 0.2) is 54.7 Å². The van der Waals surface area contributed by atoms with E-state index >= 15 is 0 Å². The summed E-state index contributed by atoms with van der Waals surface area (Å²) in [7, 11) is 0. The summed E-state index contributed by atoms with van der Waals surface area (Å²) in [4.78, 5) is 17.2. The fourth-order valence-electron chi connectivity index (χ4n) is 5.28. The Hall–Kier alpha value is -2.26. The lowest BCUT2D eigenvalue weighted by atomic mass is 9.74. The Kier molecular flexibility index (Phi) is 4.66. The summed E-state index contributed by atoms with van der Waals surface area (Å²) in [6, 6.07) is 14.5. The highest BCUT2D eigenvalue weighted by Crippen LogP contribution is 2.63. The maximum Gasteiger partial charge on any atom is 0.140 e. The van der Waals surface area contributed by atoms with Gasteiger partial charge in [0, 0.05) is 28.9 Å². The molecule has 2 aliphatic rings. The van der Waals surface area contributed by atoms with E-state index in [1.54, 1.807) is 12.1 Å². The number of hydrogen-bond donors (Lipinski definition) is 0. The van der Waals surface area contributed by atoms with Crippen LogP contribution in [0.5, 0.6) is 0 Å². The average Bonchev–Trinajstić information content (AvgIpc) is 3.43. The van der Waals surface area contributed by atoms with Crippen LogP contribution in [0.25, 0.3) is 10.9 Å². The molecule has 148 valence electrons. The lowest BCUT2D eigenvalue weighted by Crippen LogP contribution is -2.20. The smallest absolute Gasteiger partial charge is 0.140 e. The van der Waals surface area contributed by atoms with Gasteiger partial charge in [0.1, 0.15) is 11.6 Å². The van der Waals surface area contributed by atoms with Gasteiger partial charge in [-0.05, 0) is 91.0 Å². The quantitative estimate of drug-likeness (QED) is 0.493. The standard InChI is InChI=1S/C25H23ClFNO/c26-18-3-1-16(2-4-18)13-24(29)22-15-25(22)10-7-17(8-11-25)20-9-12-28-23-6-5-19(27)14-21(20)23/h1-6,9,12,14,17,22H,7-8,10-11,13,15H2. The molecule has 1 heterocycles. The number of carbonyl (C=O) groups excluding carboxylic acids is 1. The summed E-state index contributed by atoms with van der Waals surface area (Å²) >= 11 is 5.94. The minimum absolute atomic E-state index is 0.200. The number of hydrogen-bond acceptors (Lipinski definition) is 2. The zero-order valence-corrected chi connectivity index (χ0v) is 17.0. The molecule has 2 aliphatic carbocycles. The zero-order valence-electron chi connectivity index (χ0n) is 16.2. The second kappa shape index (κ2) is 7.21. The second-order valence-electron chi connectivity index (χ2n) is 8.72. The van der Waals surface area contributed by atoms with Crippen molar-refractivity contribution in [1.29, 1.82) is 0 Å². The lowest BCUT2D eigenvalue weighted by molar-refractivity contribution is -0.120. The van der Waals surface area contributed by atoms with Crippen molar-refractivity contribution >= 4 is 28.3 Å². The Morgan fingerprint density at radius 1 is 1.10 bits per heavy atom. The van der Waals surface area contributed by atoms with Crippen LogP contribution >= 0.6 is 11.6 Å². The van der Waals surface area contributed by atoms with Gasteiger partial charge in [0.25, 0.3) is 0 Å². The zero-order chi connectivity index (χ0) is 20.0. The van der Waals surface area contributed by atoms with Gasteiger partial charge < -0.3 is 0 Å². The maximum atomic E-state index is 13.8. The molecule has 2 nitrogen and oxygen atoms in total. The first-order chi connectivity index (χ1) is 14.0. The number of carbonyl (C=O) groups is 1. The summed E-state index contributed by atoms with van der Waals surface area (Å²) < 4.78 is 13.8. The topological polar surface area (TPSA) is 30.0 Å².